The van der Waals surface area contributed by atoms with Crippen LogP contribution in [0, 0.1) is 21.4 Å². The van der Waals surface area contributed by atoms with Gasteiger partial charge in [-0.15, -0.1) is 0 Å². The van der Waals surface area contributed by atoms with Crippen molar-refractivity contribution in [2.75, 3.05) is 5.32 Å². The molecule has 0 unspecified atom stereocenters. The third-order valence-corrected chi connectivity index (χ3v) is 3.47. The lowest BCUT2D eigenvalue weighted by Crippen LogP contribution is -2.30. The first-order valence-corrected chi connectivity index (χ1v) is 6.01. The Kier molecular flexibility index (Phi) is 3.19. The highest BCUT2D eigenvalue weighted by atomic mass is 16.6. The molecule has 1 aliphatic rings. The van der Waals surface area contributed by atoms with Gasteiger partial charge in [0.25, 0.3) is 5.69 Å². The second-order valence-corrected chi connectivity index (χ2v) is 4.99. The largest absolute Gasteiger partial charge is 0.380 e. The van der Waals surface area contributed by atoms with E-state index in [1.54, 1.807) is 6.07 Å². The summed E-state index contributed by atoms with van der Waals surface area (Å²) in [6.07, 6.45) is 4.51. The summed E-state index contributed by atoms with van der Waals surface area (Å²) in [4.78, 5) is 10.4. The van der Waals surface area contributed by atoms with E-state index in [4.69, 9.17) is 5.26 Å². The molecule has 0 amide bonds. The van der Waals surface area contributed by atoms with Crippen LogP contribution in [0.1, 0.15) is 38.2 Å². The van der Waals surface area contributed by atoms with Crippen molar-refractivity contribution in [3.05, 3.63) is 33.9 Å². The SMILES string of the molecule is CC1(Nc2ccc(C#N)c([N+](=O)[O-])c2)CCCC1. The van der Waals surface area contributed by atoms with Crippen molar-refractivity contribution in [1.29, 1.82) is 5.26 Å². The van der Waals surface area contributed by atoms with Crippen LogP contribution in [-0.4, -0.2) is 10.5 Å². The molecule has 0 atom stereocenters. The van der Waals surface area contributed by atoms with Crippen LogP contribution >= 0.6 is 0 Å². The molecular formula is C13H15N3O2. The first-order valence-electron chi connectivity index (χ1n) is 6.01. The molecule has 0 heterocycles. The summed E-state index contributed by atoms with van der Waals surface area (Å²) in [6, 6.07) is 6.51. The number of hydrogen-bond acceptors (Lipinski definition) is 4. The minimum absolute atomic E-state index is 0.0159. The quantitative estimate of drug-likeness (QED) is 0.655. The van der Waals surface area contributed by atoms with Gasteiger partial charge in [-0.1, -0.05) is 12.8 Å². The standard InChI is InChI=1S/C13H15N3O2/c1-13(6-2-3-7-13)15-11-5-4-10(9-14)12(8-11)16(17)18/h4-5,8,15H,2-3,6-7H2,1H3. The Labute approximate surface area is 106 Å². The van der Waals surface area contributed by atoms with Crippen molar-refractivity contribution in [3.63, 3.8) is 0 Å². The topological polar surface area (TPSA) is 79.0 Å². The van der Waals surface area contributed by atoms with Gasteiger partial charge in [0, 0.05) is 17.3 Å². The first-order chi connectivity index (χ1) is 8.54. The van der Waals surface area contributed by atoms with Crippen molar-refractivity contribution >= 4 is 11.4 Å². The molecule has 0 aliphatic heterocycles. The van der Waals surface area contributed by atoms with Gasteiger partial charge in [0.15, 0.2) is 0 Å². The van der Waals surface area contributed by atoms with Gasteiger partial charge in [-0.05, 0) is 31.9 Å². The van der Waals surface area contributed by atoms with Crippen molar-refractivity contribution in [1.82, 2.24) is 0 Å². The molecular weight excluding hydrogens is 230 g/mol. The smallest absolute Gasteiger partial charge is 0.289 e. The number of hydrogen-bond donors (Lipinski definition) is 1. The molecule has 1 N–H and O–H groups in total. The van der Waals surface area contributed by atoms with Gasteiger partial charge in [0.1, 0.15) is 11.6 Å². The molecule has 0 bridgehead atoms. The number of nitriles is 1. The van der Waals surface area contributed by atoms with E-state index in [0.717, 1.165) is 12.8 Å². The van der Waals surface area contributed by atoms with Crippen LogP contribution in [0.2, 0.25) is 0 Å². The predicted octanol–water partition coefficient (Wildman–Crippen LogP) is 3.21. The van der Waals surface area contributed by atoms with Crippen LogP contribution in [0.5, 0.6) is 0 Å². The molecule has 0 radical (unpaired) electrons. The summed E-state index contributed by atoms with van der Waals surface area (Å²) in [7, 11) is 0. The highest BCUT2D eigenvalue weighted by molar-refractivity contribution is 5.59. The van der Waals surface area contributed by atoms with Crippen LogP contribution in [0.4, 0.5) is 11.4 Å². The molecule has 0 spiro atoms. The summed E-state index contributed by atoms with van der Waals surface area (Å²) < 4.78 is 0. The zero-order valence-electron chi connectivity index (χ0n) is 10.3. The third-order valence-electron chi connectivity index (χ3n) is 3.47. The Bertz CT molecular complexity index is 513. The fourth-order valence-electron chi connectivity index (χ4n) is 2.48. The number of nitrogens with zero attached hydrogens (tertiary/aromatic N) is 2. The molecule has 94 valence electrons. The summed E-state index contributed by atoms with van der Waals surface area (Å²) >= 11 is 0. The maximum absolute atomic E-state index is 10.9. The highest BCUT2D eigenvalue weighted by Crippen LogP contribution is 2.33. The average molecular weight is 245 g/mol. The fourth-order valence-corrected chi connectivity index (χ4v) is 2.48. The van der Waals surface area contributed by atoms with Crippen LogP contribution < -0.4 is 5.32 Å². The Morgan fingerprint density at radius 2 is 2.11 bits per heavy atom. The molecule has 1 saturated carbocycles. The third kappa shape index (κ3) is 2.43. The Morgan fingerprint density at radius 1 is 1.44 bits per heavy atom. The van der Waals surface area contributed by atoms with Crippen molar-refractivity contribution in [2.45, 2.75) is 38.1 Å². The summed E-state index contributed by atoms with van der Waals surface area (Å²) in [5.74, 6) is 0. The zero-order chi connectivity index (χ0) is 13.2. The van der Waals surface area contributed by atoms with Gasteiger partial charge < -0.3 is 5.32 Å². The predicted molar refractivity (Wildman–Crippen MR) is 68.3 cm³/mol. The van der Waals surface area contributed by atoms with E-state index in [1.165, 1.54) is 25.0 Å². The molecule has 1 aliphatic carbocycles. The molecule has 1 aromatic carbocycles. The number of nitrogens with one attached hydrogen (secondary N) is 1. The molecule has 0 aromatic heterocycles. The van der Waals surface area contributed by atoms with Crippen LogP contribution in [0.25, 0.3) is 0 Å². The van der Waals surface area contributed by atoms with E-state index in [2.05, 4.69) is 12.2 Å². The van der Waals surface area contributed by atoms with E-state index in [0.29, 0.717) is 5.69 Å². The van der Waals surface area contributed by atoms with Gasteiger partial charge >= 0.3 is 0 Å². The lowest BCUT2D eigenvalue weighted by atomic mass is 10.00. The first kappa shape index (κ1) is 12.4. The second kappa shape index (κ2) is 4.65. The maximum Gasteiger partial charge on any atom is 0.289 e. The molecule has 1 fully saturated rings. The van der Waals surface area contributed by atoms with Crippen molar-refractivity contribution in [2.24, 2.45) is 0 Å². The normalized spacial score (nSPS) is 17.1. The second-order valence-electron chi connectivity index (χ2n) is 4.99. The minimum Gasteiger partial charge on any atom is -0.380 e. The van der Waals surface area contributed by atoms with Crippen molar-refractivity contribution in [3.8, 4) is 6.07 Å². The number of nitro benzene ring substituents is 1. The Balaban J connectivity index is 2.27. The van der Waals surface area contributed by atoms with Crippen LogP contribution in [0.15, 0.2) is 18.2 Å². The van der Waals surface area contributed by atoms with Crippen LogP contribution in [-0.2, 0) is 0 Å². The summed E-state index contributed by atoms with van der Waals surface area (Å²) in [5, 5.41) is 23.0. The Hall–Kier alpha value is -2.09. The maximum atomic E-state index is 10.9. The lowest BCUT2D eigenvalue weighted by Gasteiger charge is -2.26. The van der Waals surface area contributed by atoms with E-state index < -0.39 is 4.92 Å². The van der Waals surface area contributed by atoms with E-state index in [9.17, 15) is 10.1 Å². The monoisotopic (exact) mass is 245 g/mol. The molecule has 0 saturated heterocycles. The van der Waals surface area contributed by atoms with Gasteiger partial charge in [0.2, 0.25) is 0 Å². The zero-order valence-corrected chi connectivity index (χ0v) is 10.3. The minimum atomic E-state index is -0.513. The van der Waals surface area contributed by atoms with E-state index >= 15 is 0 Å². The molecule has 18 heavy (non-hydrogen) atoms. The summed E-state index contributed by atoms with van der Waals surface area (Å²) in [5.41, 5.74) is 0.693. The fraction of sp³-hybridized carbons (Fsp3) is 0.462. The highest BCUT2D eigenvalue weighted by Gasteiger charge is 2.28. The lowest BCUT2D eigenvalue weighted by molar-refractivity contribution is -0.385. The number of nitro groups is 1. The van der Waals surface area contributed by atoms with Crippen LogP contribution in [0.3, 0.4) is 0 Å². The summed E-state index contributed by atoms with van der Waals surface area (Å²) in [6.45, 7) is 2.13. The molecule has 2 rings (SSSR count). The van der Waals surface area contributed by atoms with E-state index in [-0.39, 0.29) is 16.8 Å². The number of benzene rings is 1. The van der Waals surface area contributed by atoms with Crippen molar-refractivity contribution < 1.29 is 4.92 Å². The molecule has 5 heteroatoms. The number of rotatable bonds is 3. The number of anilines is 1. The Morgan fingerprint density at radius 3 is 2.67 bits per heavy atom. The van der Waals surface area contributed by atoms with Gasteiger partial charge in [-0.2, -0.15) is 5.26 Å². The van der Waals surface area contributed by atoms with Gasteiger partial charge in [0.05, 0.1) is 4.92 Å². The van der Waals surface area contributed by atoms with Gasteiger partial charge in [-0.3, -0.25) is 10.1 Å². The molecule has 5 nitrogen and oxygen atoms in total. The van der Waals surface area contributed by atoms with E-state index in [1.807, 2.05) is 6.07 Å². The van der Waals surface area contributed by atoms with Gasteiger partial charge in [-0.25, -0.2) is 0 Å². The molecule has 1 aromatic rings. The average Bonchev–Trinajstić information content (AvgIpc) is 2.75.